The van der Waals surface area contributed by atoms with Crippen LogP contribution in [0, 0.1) is 18.1 Å². The third-order valence-electron chi connectivity index (χ3n) is 1.93. The van der Waals surface area contributed by atoms with Crippen LogP contribution in [0.25, 0.3) is 0 Å². The maximum atomic E-state index is 3.26. The van der Waals surface area contributed by atoms with Gasteiger partial charge in [-0.15, -0.1) is 12.8 Å². The van der Waals surface area contributed by atoms with Crippen LogP contribution in [0.4, 0.5) is 0 Å². The summed E-state index contributed by atoms with van der Waals surface area (Å²) in [6, 6.07) is 0. The summed E-state index contributed by atoms with van der Waals surface area (Å²) in [5.74, 6) is 0.661. The summed E-state index contributed by atoms with van der Waals surface area (Å²) < 4.78 is 0. The maximum absolute atomic E-state index is 3.26. The van der Waals surface area contributed by atoms with Crippen LogP contribution in [0.1, 0.15) is 26.7 Å². The smallest absolute Gasteiger partial charge is 1.00 e. The zero-order chi connectivity index (χ0) is 9.52. The molecule has 2 aliphatic carbocycles. The van der Waals surface area contributed by atoms with Crippen molar-refractivity contribution in [3.05, 3.63) is 48.1 Å². The van der Waals surface area contributed by atoms with Gasteiger partial charge in [-0.25, -0.2) is 23.8 Å². The van der Waals surface area contributed by atoms with Gasteiger partial charge in [0.05, 0.1) is 0 Å². The van der Waals surface area contributed by atoms with E-state index in [0.717, 1.165) is 12.8 Å². The van der Waals surface area contributed by atoms with E-state index in [-0.39, 0.29) is 50.7 Å². The van der Waals surface area contributed by atoms with E-state index in [2.05, 4.69) is 44.2 Å². The van der Waals surface area contributed by atoms with Gasteiger partial charge in [-0.1, -0.05) is 19.8 Å². The molecule has 86 valence electrons. The van der Waals surface area contributed by atoms with Crippen molar-refractivity contribution in [3.8, 4) is 0 Å². The molecule has 0 heterocycles. The predicted molar refractivity (Wildman–Crippen MR) is 56.9 cm³/mol. The van der Waals surface area contributed by atoms with Gasteiger partial charge in [0.2, 0.25) is 0 Å². The number of rotatable bonds is 1. The zero-order valence-electron chi connectivity index (χ0n) is 9.63. The van der Waals surface area contributed by atoms with Crippen LogP contribution in [0.3, 0.4) is 0 Å². The topological polar surface area (TPSA) is 0 Å². The van der Waals surface area contributed by atoms with Crippen molar-refractivity contribution in [1.82, 2.24) is 0 Å². The molecule has 0 bridgehead atoms. The summed E-state index contributed by atoms with van der Waals surface area (Å²) in [7, 11) is 0. The van der Waals surface area contributed by atoms with E-state index in [1.54, 1.807) is 0 Å². The number of hydrogen-bond donors (Lipinski definition) is 0. The molecule has 3 heteroatoms. The second-order valence-corrected chi connectivity index (χ2v) is 3.40. The summed E-state index contributed by atoms with van der Waals surface area (Å²) in [6.45, 7) is 4.38. The molecule has 0 N–H and O–H groups in total. The number of allylic oxidation sites excluding steroid dienone is 8. The SMILES string of the molecule is CC(C)C1=[C-]CC=C1.[C-]1=CC=CC1.[Cl-].[Cl-].[Hf+4]. The van der Waals surface area contributed by atoms with Crippen LogP contribution in [0.15, 0.2) is 36.0 Å². The predicted octanol–water partition coefficient (Wildman–Crippen LogP) is -2.36. The summed E-state index contributed by atoms with van der Waals surface area (Å²) in [6.07, 6.45) is 18.6. The first-order valence-electron chi connectivity index (χ1n) is 4.79. The molecule has 2 aliphatic rings. The van der Waals surface area contributed by atoms with Gasteiger partial charge < -0.3 is 24.8 Å². The van der Waals surface area contributed by atoms with Crippen LogP contribution in [-0.2, 0) is 25.8 Å². The molecule has 0 saturated heterocycles. The number of halogens is 2. The minimum absolute atomic E-state index is 0. The first-order chi connectivity index (χ1) is 6.30. The average molecular weight is 422 g/mol. The maximum Gasteiger partial charge on any atom is 4.00 e. The summed E-state index contributed by atoms with van der Waals surface area (Å²) in [5, 5.41) is 0. The van der Waals surface area contributed by atoms with Crippen molar-refractivity contribution in [2.24, 2.45) is 5.92 Å². The Kier molecular flexibility index (Phi) is 18.3. The van der Waals surface area contributed by atoms with Crippen molar-refractivity contribution in [3.63, 3.8) is 0 Å². The molecule has 16 heavy (non-hydrogen) atoms. The van der Waals surface area contributed by atoms with Crippen LogP contribution < -0.4 is 24.8 Å². The Labute approximate surface area is 131 Å². The minimum atomic E-state index is 0. The molecule has 0 unspecified atom stereocenters. The van der Waals surface area contributed by atoms with Gasteiger partial charge in [0.15, 0.2) is 0 Å². The van der Waals surface area contributed by atoms with Gasteiger partial charge in [0.25, 0.3) is 0 Å². The molecule has 2 rings (SSSR count). The molecule has 0 aliphatic heterocycles. The van der Waals surface area contributed by atoms with E-state index in [4.69, 9.17) is 0 Å². The van der Waals surface area contributed by atoms with E-state index in [1.807, 2.05) is 12.2 Å². The van der Waals surface area contributed by atoms with Crippen molar-refractivity contribution in [1.29, 1.82) is 0 Å². The van der Waals surface area contributed by atoms with Gasteiger partial charge in [-0.3, -0.25) is 12.2 Å². The first-order valence-corrected chi connectivity index (χ1v) is 4.79. The first kappa shape index (κ1) is 21.7. The zero-order valence-corrected chi connectivity index (χ0v) is 14.7. The standard InChI is InChI=1S/C8H11.C5H5.2ClH.Hf/c1-7(2)8-5-3-4-6-8;1-2-4-5-3-1;;;/h3,5,7H,4H2,1-2H3;1-3H,4H2;2*1H;/q2*-1;;;+4/p-2. The Balaban J connectivity index is -0.000000189. The molecule has 0 radical (unpaired) electrons. The Bertz CT molecular complexity index is 253. The van der Waals surface area contributed by atoms with E-state index in [1.165, 1.54) is 5.57 Å². The van der Waals surface area contributed by atoms with Crippen molar-refractivity contribution in [2.75, 3.05) is 0 Å². The van der Waals surface area contributed by atoms with E-state index in [9.17, 15) is 0 Å². The Hall–Kier alpha value is 0.410. The molecule has 0 amide bonds. The van der Waals surface area contributed by atoms with Crippen molar-refractivity contribution in [2.45, 2.75) is 26.7 Å². The van der Waals surface area contributed by atoms with Gasteiger partial charge in [-0.05, 0) is 0 Å². The van der Waals surface area contributed by atoms with Gasteiger partial charge in [0, 0.05) is 0 Å². The third-order valence-corrected chi connectivity index (χ3v) is 1.93. The molecular formula is C13H16Cl2Hf. The van der Waals surface area contributed by atoms with Gasteiger partial charge >= 0.3 is 25.8 Å². The summed E-state index contributed by atoms with van der Waals surface area (Å²) in [4.78, 5) is 0. The molecule has 0 nitrogen and oxygen atoms in total. The molecule has 0 aromatic heterocycles. The van der Waals surface area contributed by atoms with Gasteiger partial charge in [-0.2, -0.15) is 12.2 Å². The van der Waals surface area contributed by atoms with Crippen molar-refractivity contribution >= 4 is 0 Å². The van der Waals surface area contributed by atoms with Crippen LogP contribution >= 0.6 is 0 Å². The van der Waals surface area contributed by atoms with Crippen LogP contribution in [-0.4, -0.2) is 0 Å². The largest absolute Gasteiger partial charge is 4.00 e. The Morgan fingerprint density at radius 3 is 2.00 bits per heavy atom. The van der Waals surface area contributed by atoms with E-state index in [0.29, 0.717) is 5.92 Å². The van der Waals surface area contributed by atoms with Crippen LogP contribution in [0.5, 0.6) is 0 Å². The normalized spacial score (nSPS) is 14.3. The quantitative estimate of drug-likeness (QED) is 0.328. The molecule has 0 spiro atoms. The summed E-state index contributed by atoms with van der Waals surface area (Å²) >= 11 is 0. The molecular weight excluding hydrogens is 406 g/mol. The second kappa shape index (κ2) is 13.5. The minimum Gasteiger partial charge on any atom is -1.00 e. The van der Waals surface area contributed by atoms with E-state index < -0.39 is 0 Å². The number of hydrogen-bond acceptors (Lipinski definition) is 0. The fraction of sp³-hybridized carbons (Fsp3) is 0.385. The van der Waals surface area contributed by atoms with Crippen molar-refractivity contribution < 1.29 is 50.7 Å². The second-order valence-electron chi connectivity index (χ2n) is 3.40. The summed E-state index contributed by atoms with van der Waals surface area (Å²) in [5.41, 5.74) is 1.37. The molecule has 0 aromatic carbocycles. The average Bonchev–Trinajstić information content (AvgIpc) is 2.82. The van der Waals surface area contributed by atoms with E-state index >= 15 is 0 Å². The third kappa shape index (κ3) is 9.62. The molecule has 0 saturated carbocycles. The molecule has 0 fully saturated rings. The van der Waals surface area contributed by atoms with Crippen LogP contribution in [0.2, 0.25) is 0 Å². The van der Waals surface area contributed by atoms with Gasteiger partial charge in [0.1, 0.15) is 0 Å². The monoisotopic (exact) mass is 422 g/mol. The molecule has 0 atom stereocenters. The Morgan fingerprint density at radius 1 is 1.12 bits per heavy atom. The fourth-order valence-electron chi connectivity index (χ4n) is 1.16. The Morgan fingerprint density at radius 2 is 1.81 bits per heavy atom. The molecule has 0 aromatic rings. The fourth-order valence-corrected chi connectivity index (χ4v) is 1.16.